The second-order valence-electron chi connectivity index (χ2n) is 5.54. The number of ketones is 1. The maximum Gasteiger partial charge on any atom is 0.138 e. The fourth-order valence-corrected chi connectivity index (χ4v) is 1.24. The molecule has 0 bridgehead atoms. The van der Waals surface area contributed by atoms with Gasteiger partial charge in [-0.1, -0.05) is 34.6 Å². The SMILES string of the molecule is CNCC(C)(C)CC(=O)C(C)(C)C. The fraction of sp³-hybridized carbons (Fsp3) is 0.909. The minimum atomic E-state index is -0.203. The number of hydrogen-bond acceptors (Lipinski definition) is 2. The first-order valence-corrected chi connectivity index (χ1v) is 4.87. The number of hydrogen-bond donors (Lipinski definition) is 1. The molecule has 0 rings (SSSR count). The number of carbonyl (C=O) groups excluding carboxylic acids is 1. The topological polar surface area (TPSA) is 29.1 Å². The molecule has 0 aromatic rings. The van der Waals surface area contributed by atoms with Gasteiger partial charge < -0.3 is 5.32 Å². The largest absolute Gasteiger partial charge is 0.319 e. The van der Waals surface area contributed by atoms with E-state index in [1.54, 1.807) is 0 Å². The van der Waals surface area contributed by atoms with Gasteiger partial charge in [0.1, 0.15) is 5.78 Å². The lowest BCUT2D eigenvalue weighted by Crippen LogP contribution is -2.33. The van der Waals surface area contributed by atoms with Crippen LogP contribution in [0.2, 0.25) is 0 Å². The molecule has 1 N–H and O–H groups in total. The zero-order valence-electron chi connectivity index (χ0n) is 9.82. The molecule has 0 radical (unpaired) electrons. The van der Waals surface area contributed by atoms with Crippen LogP contribution in [0, 0.1) is 10.8 Å². The van der Waals surface area contributed by atoms with Crippen LogP contribution in [0.5, 0.6) is 0 Å². The summed E-state index contributed by atoms with van der Waals surface area (Å²) in [5, 5.41) is 3.11. The summed E-state index contributed by atoms with van der Waals surface area (Å²) in [5.74, 6) is 0.341. The maximum absolute atomic E-state index is 11.7. The molecule has 0 aromatic heterocycles. The molecule has 13 heavy (non-hydrogen) atoms. The van der Waals surface area contributed by atoms with Crippen molar-refractivity contribution in [3.05, 3.63) is 0 Å². The Morgan fingerprint density at radius 3 is 1.92 bits per heavy atom. The molecular weight excluding hydrogens is 162 g/mol. The lowest BCUT2D eigenvalue weighted by molar-refractivity contribution is -0.128. The highest BCUT2D eigenvalue weighted by Crippen LogP contribution is 2.26. The Balaban J connectivity index is 4.20. The van der Waals surface area contributed by atoms with Crippen molar-refractivity contribution in [2.75, 3.05) is 13.6 Å². The van der Waals surface area contributed by atoms with E-state index in [2.05, 4.69) is 19.2 Å². The van der Waals surface area contributed by atoms with Gasteiger partial charge in [0.25, 0.3) is 0 Å². The maximum atomic E-state index is 11.7. The summed E-state index contributed by atoms with van der Waals surface area (Å²) in [6.07, 6.45) is 0.650. The highest BCUT2D eigenvalue weighted by molar-refractivity contribution is 5.84. The first-order valence-electron chi connectivity index (χ1n) is 4.87. The first-order chi connectivity index (χ1) is 5.69. The van der Waals surface area contributed by atoms with Crippen molar-refractivity contribution >= 4 is 5.78 Å². The smallest absolute Gasteiger partial charge is 0.138 e. The van der Waals surface area contributed by atoms with Gasteiger partial charge in [-0.3, -0.25) is 4.79 Å². The van der Waals surface area contributed by atoms with Crippen molar-refractivity contribution in [1.29, 1.82) is 0 Å². The van der Waals surface area contributed by atoms with E-state index in [0.29, 0.717) is 12.2 Å². The van der Waals surface area contributed by atoms with Crippen molar-refractivity contribution in [3.8, 4) is 0 Å². The quantitative estimate of drug-likeness (QED) is 0.727. The second kappa shape index (κ2) is 4.23. The van der Waals surface area contributed by atoms with Gasteiger partial charge in [0.2, 0.25) is 0 Å². The van der Waals surface area contributed by atoms with E-state index in [1.165, 1.54) is 0 Å². The van der Waals surface area contributed by atoms with Crippen LogP contribution in [0.3, 0.4) is 0 Å². The number of carbonyl (C=O) groups is 1. The molecule has 0 aliphatic carbocycles. The van der Waals surface area contributed by atoms with E-state index in [9.17, 15) is 4.79 Å². The standard InChI is InChI=1S/C11H23NO/c1-10(2,3)9(13)7-11(4,5)8-12-6/h12H,7-8H2,1-6H3. The van der Waals surface area contributed by atoms with Crippen LogP contribution >= 0.6 is 0 Å². The molecular formula is C11H23NO. The number of Topliss-reactive ketones (excluding diaryl/α,β-unsaturated/α-hetero) is 1. The molecule has 0 heterocycles. The van der Waals surface area contributed by atoms with Gasteiger partial charge in [0.05, 0.1) is 0 Å². The summed E-state index contributed by atoms with van der Waals surface area (Å²) in [5.41, 5.74) is -0.135. The third-order valence-corrected chi connectivity index (χ3v) is 2.13. The van der Waals surface area contributed by atoms with Crippen molar-refractivity contribution in [3.63, 3.8) is 0 Å². The molecule has 0 saturated heterocycles. The third-order valence-electron chi connectivity index (χ3n) is 2.13. The summed E-state index contributed by atoms with van der Waals surface area (Å²) < 4.78 is 0. The van der Waals surface area contributed by atoms with Crippen LogP contribution in [0.1, 0.15) is 41.0 Å². The minimum Gasteiger partial charge on any atom is -0.319 e. The Morgan fingerprint density at radius 2 is 1.62 bits per heavy atom. The Morgan fingerprint density at radius 1 is 1.15 bits per heavy atom. The molecule has 0 aliphatic heterocycles. The average Bonchev–Trinajstić information content (AvgIpc) is 1.83. The van der Waals surface area contributed by atoms with Crippen LogP contribution in [-0.2, 0) is 4.79 Å². The molecule has 0 aromatic carbocycles. The molecule has 78 valence electrons. The summed E-state index contributed by atoms with van der Waals surface area (Å²) in [7, 11) is 1.92. The molecule has 0 spiro atoms. The summed E-state index contributed by atoms with van der Waals surface area (Å²) >= 11 is 0. The van der Waals surface area contributed by atoms with E-state index >= 15 is 0 Å². The van der Waals surface area contributed by atoms with Gasteiger partial charge in [-0.05, 0) is 12.5 Å². The fourth-order valence-electron chi connectivity index (χ4n) is 1.24. The van der Waals surface area contributed by atoms with Crippen LogP contribution < -0.4 is 5.32 Å². The van der Waals surface area contributed by atoms with Crippen molar-refractivity contribution < 1.29 is 4.79 Å². The predicted octanol–water partition coefficient (Wildman–Crippen LogP) is 2.24. The van der Waals surface area contributed by atoms with Crippen LogP contribution in [0.15, 0.2) is 0 Å². The van der Waals surface area contributed by atoms with Gasteiger partial charge in [-0.15, -0.1) is 0 Å². The molecule has 0 unspecified atom stereocenters. The molecule has 2 nitrogen and oxygen atoms in total. The summed E-state index contributed by atoms with van der Waals surface area (Å²) in [6.45, 7) is 11.1. The Hall–Kier alpha value is -0.370. The lowest BCUT2D eigenvalue weighted by Gasteiger charge is -2.27. The average molecular weight is 185 g/mol. The zero-order valence-corrected chi connectivity index (χ0v) is 9.82. The molecule has 0 aliphatic rings. The predicted molar refractivity (Wildman–Crippen MR) is 56.8 cm³/mol. The van der Waals surface area contributed by atoms with Crippen LogP contribution in [0.4, 0.5) is 0 Å². The number of nitrogens with one attached hydrogen (secondary N) is 1. The van der Waals surface area contributed by atoms with E-state index in [4.69, 9.17) is 0 Å². The first kappa shape index (κ1) is 12.6. The summed E-state index contributed by atoms with van der Waals surface area (Å²) in [4.78, 5) is 11.7. The molecule has 0 fully saturated rings. The van der Waals surface area contributed by atoms with Gasteiger partial charge in [-0.2, -0.15) is 0 Å². The highest BCUT2D eigenvalue weighted by Gasteiger charge is 2.28. The molecule has 0 saturated carbocycles. The highest BCUT2D eigenvalue weighted by atomic mass is 16.1. The lowest BCUT2D eigenvalue weighted by atomic mass is 9.79. The second-order valence-corrected chi connectivity index (χ2v) is 5.54. The van der Waals surface area contributed by atoms with Gasteiger partial charge >= 0.3 is 0 Å². The van der Waals surface area contributed by atoms with Crippen LogP contribution in [0.25, 0.3) is 0 Å². The third kappa shape index (κ3) is 5.04. The summed E-state index contributed by atoms with van der Waals surface area (Å²) in [6, 6.07) is 0. The van der Waals surface area contributed by atoms with E-state index in [-0.39, 0.29) is 10.8 Å². The van der Waals surface area contributed by atoms with Crippen LogP contribution in [-0.4, -0.2) is 19.4 Å². The van der Waals surface area contributed by atoms with E-state index in [1.807, 2.05) is 27.8 Å². The van der Waals surface area contributed by atoms with Gasteiger partial charge in [-0.25, -0.2) is 0 Å². The number of rotatable bonds is 4. The molecule has 0 amide bonds. The van der Waals surface area contributed by atoms with Gasteiger partial charge in [0, 0.05) is 18.4 Å². The van der Waals surface area contributed by atoms with E-state index in [0.717, 1.165) is 6.54 Å². The Bertz CT molecular complexity index is 177. The molecule has 2 heteroatoms. The van der Waals surface area contributed by atoms with Crippen molar-refractivity contribution in [2.45, 2.75) is 41.0 Å². The Labute approximate surface area is 82.1 Å². The minimum absolute atomic E-state index is 0.0686. The van der Waals surface area contributed by atoms with Crippen molar-refractivity contribution in [2.24, 2.45) is 10.8 Å². The van der Waals surface area contributed by atoms with Crippen molar-refractivity contribution in [1.82, 2.24) is 5.32 Å². The van der Waals surface area contributed by atoms with E-state index < -0.39 is 0 Å². The van der Waals surface area contributed by atoms with Gasteiger partial charge in [0.15, 0.2) is 0 Å². The Kier molecular flexibility index (Phi) is 4.11. The normalized spacial score (nSPS) is 13.1. The monoisotopic (exact) mass is 185 g/mol. The zero-order chi connectivity index (χ0) is 10.7. The molecule has 0 atom stereocenters.